The molecular weight excluding hydrogens is 362 g/mol. The third-order valence-electron chi connectivity index (χ3n) is 2.25. The molecule has 1 heterocycles. The first-order valence-corrected chi connectivity index (χ1v) is 6.54. The Hall–Kier alpha value is -1.34. The van der Waals surface area contributed by atoms with Crippen LogP contribution in [-0.4, -0.2) is 6.36 Å². The highest BCUT2D eigenvalue weighted by atomic mass is 79.9. The highest BCUT2D eigenvalue weighted by Gasteiger charge is 2.32. The molecule has 0 aliphatic rings. The van der Waals surface area contributed by atoms with Gasteiger partial charge in [-0.1, -0.05) is 15.9 Å². The summed E-state index contributed by atoms with van der Waals surface area (Å²) in [5.74, 6) is 0.167. The average Bonchev–Trinajstić information content (AvgIpc) is 2.72. The molecule has 0 unspecified atom stereocenters. The van der Waals surface area contributed by atoms with Gasteiger partial charge in [0.25, 0.3) is 0 Å². The van der Waals surface area contributed by atoms with Gasteiger partial charge in [0.05, 0.1) is 12.2 Å². The second-order valence-corrected chi connectivity index (χ2v) is 5.04. The van der Waals surface area contributed by atoms with E-state index in [1.54, 1.807) is 18.2 Å². The normalized spacial score (nSPS) is 11.4. The van der Waals surface area contributed by atoms with Gasteiger partial charge in [-0.2, -0.15) is 0 Å². The molecule has 1 N–H and O–H groups in total. The molecule has 2 rings (SSSR count). The SMILES string of the molecule is FC(F)(F)Oc1cc(Br)ccc1NCc1ccc(Cl)o1. The summed E-state index contributed by atoms with van der Waals surface area (Å²) in [7, 11) is 0. The van der Waals surface area contributed by atoms with Crippen LogP contribution in [0.4, 0.5) is 18.9 Å². The molecule has 0 bridgehead atoms. The molecule has 0 radical (unpaired) electrons. The van der Waals surface area contributed by atoms with Gasteiger partial charge in [0.2, 0.25) is 0 Å². The molecule has 108 valence electrons. The van der Waals surface area contributed by atoms with Gasteiger partial charge in [0.1, 0.15) is 5.76 Å². The van der Waals surface area contributed by atoms with Gasteiger partial charge in [-0.15, -0.1) is 13.2 Å². The molecule has 0 fully saturated rings. The minimum Gasteiger partial charge on any atom is -0.448 e. The number of anilines is 1. The van der Waals surface area contributed by atoms with E-state index in [4.69, 9.17) is 16.0 Å². The lowest BCUT2D eigenvalue weighted by Crippen LogP contribution is -2.18. The van der Waals surface area contributed by atoms with Crippen LogP contribution in [0.2, 0.25) is 5.22 Å². The number of furan rings is 1. The van der Waals surface area contributed by atoms with Gasteiger partial charge in [0, 0.05) is 4.47 Å². The zero-order valence-corrected chi connectivity index (χ0v) is 12.1. The Morgan fingerprint density at radius 3 is 2.60 bits per heavy atom. The van der Waals surface area contributed by atoms with Crippen molar-refractivity contribution < 1.29 is 22.3 Å². The molecule has 2 aromatic rings. The summed E-state index contributed by atoms with van der Waals surface area (Å²) < 4.78 is 46.5. The topological polar surface area (TPSA) is 34.4 Å². The molecule has 0 spiro atoms. The van der Waals surface area contributed by atoms with E-state index in [0.717, 1.165) is 0 Å². The molecule has 0 saturated carbocycles. The standard InChI is InChI=1S/C12H8BrClF3NO2/c13-7-1-3-9(10(5-7)20-12(15,16)17)18-6-8-2-4-11(14)19-8/h1-5,18H,6H2. The van der Waals surface area contributed by atoms with Crippen molar-refractivity contribution >= 4 is 33.2 Å². The van der Waals surface area contributed by atoms with Crippen LogP contribution >= 0.6 is 27.5 Å². The number of hydrogen-bond acceptors (Lipinski definition) is 3. The van der Waals surface area contributed by atoms with Gasteiger partial charge in [0.15, 0.2) is 11.0 Å². The largest absolute Gasteiger partial charge is 0.573 e. The Balaban J connectivity index is 2.14. The fraction of sp³-hybridized carbons (Fsp3) is 0.167. The first kappa shape index (κ1) is 15.1. The summed E-state index contributed by atoms with van der Waals surface area (Å²) in [6.45, 7) is 0.183. The summed E-state index contributed by atoms with van der Waals surface area (Å²) in [6, 6.07) is 7.47. The van der Waals surface area contributed by atoms with E-state index in [1.165, 1.54) is 12.1 Å². The number of rotatable bonds is 4. The quantitative estimate of drug-likeness (QED) is 0.802. The third-order valence-corrected chi connectivity index (χ3v) is 2.95. The van der Waals surface area contributed by atoms with Crippen LogP contribution in [0.25, 0.3) is 0 Å². The van der Waals surface area contributed by atoms with Crippen molar-refractivity contribution in [2.45, 2.75) is 12.9 Å². The summed E-state index contributed by atoms with van der Waals surface area (Å²) >= 11 is 8.70. The van der Waals surface area contributed by atoms with Crippen molar-refractivity contribution in [3.05, 3.63) is 45.8 Å². The lowest BCUT2D eigenvalue weighted by Gasteiger charge is -2.14. The maximum Gasteiger partial charge on any atom is 0.573 e. The van der Waals surface area contributed by atoms with Crippen LogP contribution in [0.1, 0.15) is 5.76 Å². The van der Waals surface area contributed by atoms with Crippen LogP contribution in [-0.2, 0) is 6.54 Å². The Bertz CT molecular complexity index is 601. The second-order valence-electron chi connectivity index (χ2n) is 3.75. The summed E-state index contributed by atoms with van der Waals surface area (Å²) in [5, 5.41) is 3.01. The molecule has 0 atom stereocenters. The molecule has 0 aliphatic carbocycles. The minimum atomic E-state index is -4.76. The number of halogens is 5. The van der Waals surface area contributed by atoms with Crippen LogP contribution in [0.15, 0.2) is 39.2 Å². The van der Waals surface area contributed by atoms with Crippen molar-refractivity contribution in [3.8, 4) is 5.75 Å². The number of alkyl halides is 3. The Kier molecular flexibility index (Phi) is 4.49. The predicted octanol–water partition coefficient (Wildman–Crippen LogP) is 5.21. The molecule has 1 aromatic heterocycles. The van der Waals surface area contributed by atoms with Crippen molar-refractivity contribution in [2.24, 2.45) is 0 Å². The summed E-state index contributed by atoms with van der Waals surface area (Å²) in [5.41, 5.74) is 0.193. The van der Waals surface area contributed by atoms with Crippen LogP contribution < -0.4 is 10.1 Å². The van der Waals surface area contributed by atoms with Crippen molar-refractivity contribution in [3.63, 3.8) is 0 Å². The summed E-state index contributed by atoms with van der Waals surface area (Å²) in [4.78, 5) is 0. The number of nitrogens with one attached hydrogen (secondary N) is 1. The van der Waals surface area contributed by atoms with Gasteiger partial charge in [-0.05, 0) is 41.9 Å². The smallest absolute Gasteiger partial charge is 0.448 e. The predicted molar refractivity (Wildman–Crippen MR) is 71.9 cm³/mol. The van der Waals surface area contributed by atoms with Gasteiger partial charge in [-0.25, -0.2) is 0 Å². The number of benzene rings is 1. The Morgan fingerprint density at radius 2 is 2.00 bits per heavy atom. The van der Waals surface area contributed by atoms with E-state index < -0.39 is 6.36 Å². The average molecular weight is 371 g/mol. The van der Waals surface area contributed by atoms with Crippen LogP contribution in [0.3, 0.4) is 0 Å². The third kappa shape index (κ3) is 4.35. The fourth-order valence-electron chi connectivity index (χ4n) is 1.48. The van der Waals surface area contributed by atoms with Crippen molar-refractivity contribution in [1.82, 2.24) is 0 Å². The first-order chi connectivity index (χ1) is 9.33. The molecule has 0 amide bonds. The van der Waals surface area contributed by atoms with Gasteiger partial charge >= 0.3 is 6.36 Å². The highest BCUT2D eigenvalue weighted by molar-refractivity contribution is 9.10. The lowest BCUT2D eigenvalue weighted by atomic mass is 10.3. The molecule has 3 nitrogen and oxygen atoms in total. The zero-order chi connectivity index (χ0) is 14.8. The molecular formula is C12H8BrClF3NO2. The molecule has 20 heavy (non-hydrogen) atoms. The van der Waals surface area contributed by atoms with Crippen LogP contribution in [0, 0.1) is 0 Å². The van der Waals surface area contributed by atoms with Gasteiger partial charge in [-0.3, -0.25) is 0 Å². The van der Waals surface area contributed by atoms with E-state index in [1.807, 2.05) is 0 Å². The number of ether oxygens (including phenoxy) is 1. The Labute approximate surface area is 125 Å². The van der Waals surface area contributed by atoms with E-state index in [2.05, 4.69) is 26.0 Å². The molecule has 8 heteroatoms. The first-order valence-electron chi connectivity index (χ1n) is 5.37. The molecule has 0 aliphatic heterocycles. The van der Waals surface area contributed by atoms with Crippen molar-refractivity contribution in [2.75, 3.05) is 5.32 Å². The minimum absolute atomic E-state index is 0.183. The lowest BCUT2D eigenvalue weighted by molar-refractivity contribution is -0.274. The zero-order valence-electron chi connectivity index (χ0n) is 9.80. The molecule has 1 aromatic carbocycles. The highest BCUT2D eigenvalue weighted by Crippen LogP contribution is 2.33. The van der Waals surface area contributed by atoms with E-state index in [-0.39, 0.29) is 23.2 Å². The van der Waals surface area contributed by atoms with Gasteiger partial charge < -0.3 is 14.5 Å². The maximum atomic E-state index is 12.3. The number of hydrogen-bond donors (Lipinski definition) is 1. The fourth-order valence-corrected chi connectivity index (χ4v) is 1.98. The monoisotopic (exact) mass is 369 g/mol. The van der Waals surface area contributed by atoms with Crippen molar-refractivity contribution in [1.29, 1.82) is 0 Å². The van der Waals surface area contributed by atoms with E-state index in [0.29, 0.717) is 10.2 Å². The second kappa shape index (κ2) is 5.97. The van der Waals surface area contributed by atoms with Crippen LogP contribution in [0.5, 0.6) is 5.75 Å². The summed E-state index contributed by atoms with van der Waals surface area (Å²) in [6.07, 6.45) is -4.76. The molecule has 0 saturated heterocycles. The maximum absolute atomic E-state index is 12.3. The van der Waals surface area contributed by atoms with E-state index in [9.17, 15) is 13.2 Å². The Morgan fingerprint density at radius 1 is 1.25 bits per heavy atom. The van der Waals surface area contributed by atoms with E-state index >= 15 is 0 Å².